The van der Waals surface area contributed by atoms with Gasteiger partial charge in [-0.05, 0) is 49.6 Å². The molecule has 5 nitrogen and oxygen atoms in total. The standard InChI is InChI=1S/C20H24N4O/c1-15-3-2-4-17(22-15)14-24-19-9-12-23(18(19)5-6-20(24)25)13-16-7-10-21-11-8-16/h2-4,7-8,10-11,18-19H,5-6,9,12-14H2,1H3/t18-,19-/m1/s1. The van der Waals surface area contributed by atoms with Crippen LogP contribution < -0.4 is 0 Å². The van der Waals surface area contributed by atoms with Crippen LogP contribution in [0.4, 0.5) is 0 Å². The van der Waals surface area contributed by atoms with Gasteiger partial charge in [0, 0.05) is 49.7 Å². The molecule has 2 aliphatic rings. The number of fused-ring (bicyclic) bond motifs is 1. The highest BCUT2D eigenvalue weighted by atomic mass is 16.2. The SMILES string of the molecule is Cc1cccc(CN2C(=O)CC[C@@H]3[C@H]2CCN3Cc2ccncc2)n1. The van der Waals surface area contributed by atoms with Crippen LogP contribution in [0.3, 0.4) is 0 Å². The Morgan fingerprint density at radius 3 is 2.72 bits per heavy atom. The Labute approximate surface area is 148 Å². The molecule has 0 N–H and O–H groups in total. The van der Waals surface area contributed by atoms with E-state index in [0.29, 0.717) is 25.0 Å². The van der Waals surface area contributed by atoms with Gasteiger partial charge in [-0.25, -0.2) is 0 Å². The number of nitrogens with zero attached hydrogens (tertiary/aromatic N) is 4. The lowest BCUT2D eigenvalue weighted by Gasteiger charge is -2.39. The Morgan fingerprint density at radius 2 is 1.92 bits per heavy atom. The summed E-state index contributed by atoms with van der Waals surface area (Å²) < 4.78 is 0. The van der Waals surface area contributed by atoms with Gasteiger partial charge in [0.25, 0.3) is 0 Å². The molecule has 1 amide bonds. The van der Waals surface area contributed by atoms with Crippen LogP contribution in [0.1, 0.15) is 36.2 Å². The fourth-order valence-electron chi connectivity index (χ4n) is 4.22. The number of pyridine rings is 2. The van der Waals surface area contributed by atoms with E-state index in [0.717, 1.165) is 37.3 Å². The molecule has 25 heavy (non-hydrogen) atoms. The lowest BCUT2D eigenvalue weighted by molar-refractivity contribution is -0.138. The van der Waals surface area contributed by atoms with Crippen LogP contribution in [0, 0.1) is 6.92 Å². The molecule has 130 valence electrons. The van der Waals surface area contributed by atoms with Gasteiger partial charge in [0.15, 0.2) is 0 Å². The molecule has 0 spiro atoms. The molecule has 4 heterocycles. The number of rotatable bonds is 4. The average Bonchev–Trinajstić information content (AvgIpc) is 3.01. The van der Waals surface area contributed by atoms with Crippen LogP contribution in [0.25, 0.3) is 0 Å². The molecule has 0 aromatic carbocycles. The van der Waals surface area contributed by atoms with Gasteiger partial charge in [-0.15, -0.1) is 0 Å². The van der Waals surface area contributed by atoms with Gasteiger partial charge in [0.05, 0.1) is 12.2 Å². The zero-order valence-electron chi connectivity index (χ0n) is 14.6. The number of carbonyl (C=O) groups is 1. The summed E-state index contributed by atoms with van der Waals surface area (Å²) in [6, 6.07) is 11.0. The molecule has 0 unspecified atom stereocenters. The van der Waals surface area contributed by atoms with Crippen LogP contribution in [-0.4, -0.2) is 44.3 Å². The topological polar surface area (TPSA) is 49.3 Å². The highest BCUT2D eigenvalue weighted by molar-refractivity contribution is 5.77. The van der Waals surface area contributed by atoms with Crippen molar-refractivity contribution in [3.8, 4) is 0 Å². The molecular weight excluding hydrogens is 312 g/mol. The first-order valence-corrected chi connectivity index (χ1v) is 9.05. The van der Waals surface area contributed by atoms with Crippen molar-refractivity contribution in [2.24, 2.45) is 0 Å². The summed E-state index contributed by atoms with van der Waals surface area (Å²) in [6.45, 7) is 4.61. The van der Waals surface area contributed by atoms with Crippen molar-refractivity contribution in [3.05, 3.63) is 59.7 Å². The molecule has 0 radical (unpaired) electrons. The minimum Gasteiger partial charge on any atom is -0.332 e. The van der Waals surface area contributed by atoms with E-state index in [1.54, 1.807) is 0 Å². The van der Waals surface area contributed by atoms with Crippen molar-refractivity contribution in [3.63, 3.8) is 0 Å². The van der Waals surface area contributed by atoms with Gasteiger partial charge in [0.2, 0.25) is 5.91 Å². The highest BCUT2D eigenvalue weighted by Gasteiger charge is 2.42. The smallest absolute Gasteiger partial charge is 0.223 e. The van der Waals surface area contributed by atoms with Crippen LogP contribution >= 0.6 is 0 Å². The summed E-state index contributed by atoms with van der Waals surface area (Å²) >= 11 is 0. The molecule has 0 bridgehead atoms. The van der Waals surface area contributed by atoms with Crippen LogP contribution in [-0.2, 0) is 17.9 Å². The van der Waals surface area contributed by atoms with Crippen molar-refractivity contribution in [2.75, 3.05) is 6.54 Å². The third-order valence-electron chi connectivity index (χ3n) is 5.41. The van der Waals surface area contributed by atoms with Gasteiger partial charge >= 0.3 is 0 Å². The zero-order chi connectivity index (χ0) is 17.2. The summed E-state index contributed by atoms with van der Waals surface area (Å²) in [5.74, 6) is 0.273. The van der Waals surface area contributed by atoms with Crippen molar-refractivity contribution >= 4 is 5.91 Å². The number of likely N-dealkylation sites (tertiary alicyclic amines) is 2. The first-order valence-electron chi connectivity index (χ1n) is 9.05. The Morgan fingerprint density at radius 1 is 1.08 bits per heavy atom. The van der Waals surface area contributed by atoms with E-state index < -0.39 is 0 Å². The van der Waals surface area contributed by atoms with Gasteiger partial charge in [0.1, 0.15) is 0 Å². The van der Waals surface area contributed by atoms with Gasteiger partial charge in [-0.2, -0.15) is 0 Å². The lowest BCUT2D eigenvalue weighted by atomic mass is 9.95. The number of aryl methyl sites for hydroxylation is 1. The predicted octanol–water partition coefficient (Wildman–Crippen LogP) is 2.55. The second kappa shape index (κ2) is 6.92. The first kappa shape index (κ1) is 16.2. The van der Waals surface area contributed by atoms with E-state index >= 15 is 0 Å². The fourth-order valence-corrected chi connectivity index (χ4v) is 4.22. The van der Waals surface area contributed by atoms with Crippen LogP contribution in [0.2, 0.25) is 0 Å². The maximum Gasteiger partial charge on any atom is 0.223 e. The van der Waals surface area contributed by atoms with Crippen molar-refractivity contribution in [2.45, 2.75) is 51.4 Å². The van der Waals surface area contributed by atoms with E-state index in [1.165, 1.54) is 5.56 Å². The highest BCUT2D eigenvalue weighted by Crippen LogP contribution is 2.33. The Hall–Kier alpha value is -2.27. The molecule has 5 heteroatoms. The molecule has 2 atom stereocenters. The Balaban J connectivity index is 1.49. The van der Waals surface area contributed by atoms with Crippen molar-refractivity contribution in [1.82, 2.24) is 19.8 Å². The average molecular weight is 336 g/mol. The van der Waals surface area contributed by atoms with E-state index in [1.807, 2.05) is 37.5 Å². The number of carbonyl (C=O) groups excluding carboxylic acids is 1. The van der Waals surface area contributed by atoms with Gasteiger partial charge in [-0.3, -0.25) is 19.7 Å². The maximum atomic E-state index is 12.6. The van der Waals surface area contributed by atoms with E-state index in [2.05, 4.69) is 31.9 Å². The fraction of sp³-hybridized carbons (Fsp3) is 0.450. The largest absolute Gasteiger partial charge is 0.332 e. The number of hydrogen-bond donors (Lipinski definition) is 0. The zero-order valence-corrected chi connectivity index (χ0v) is 14.6. The molecule has 2 fully saturated rings. The number of hydrogen-bond acceptors (Lipinski definition) is 4. The molecule has 2 aromatic heterocycles. The number of piperidine rings is 1. The quantitative estimate of drug-likeness (QED) is 0.861. The lowest BCUT2D eigenvalue weighted by Crippen LogP contribution is -2.51. The first-order chi connectivity index (χ1) is 12.2. The van der Waals surface area contributed by atoms with Crippen LogP contribution in [0.5, 0.6) is 0 Å². The molecule has 2 aromatic rings. The maximum absolute atomic E-state index is 12.6. The second-order valence-corrected chi connectivity index (χ2v) is 7.08. The summed E-state index contributed by atoms with van der Waals surface area (Å²) in [6.07, 6.45) is 6.35. The van der Waals surface area contributed by atoms with E-state index in [-0.39, 0.29) is 5.91 Å². The molecule has 0 aliphatic carbocycles. The van der Waals surface area contributed by atoms with Gasteiger partial charge in [-0.1, -0.05) is 6.07 Å². The van der Waals surface area contributed by atoms with Crippen molar-refractivity contribution < 1.29 is 4.79 Å². The van der Waals surface area contributed by atoms with E-state index in [4.69, 9.17) is 0 Å². The number of aromatic nitrogens is 2. The predicted molar refractivity (Wildman–Crippen MR) is 95.6 cm³/mol. The third kappa shape index (κ3) is 3.42. The molecule has 0 saturated carbocycles. The number of amides is 1. The summed E-state index contributed by atoms with van der Waals surface area (Å²) in [4.78, 5) is 25.9. The Kier molecular flexibility index (Phi) is 4.49. The van der Waals surface area contributed by atoms with Gasteiger partial charge < -0.3 is 4.90 Å². The van der Waals surface area contributed by atoms with E-state index in [9.17, 15) is 4.79 Å². The minimum absolute atomic E-state index is 0.273. The summed E-state index contributed by atoms with van der Waals surface area (Å²) in [7, 11) is 0. The normalized spacial score (nSPS) is 23.7. The van der Waals surface area contributed by atoms with Crippen LogP contribution in [0.15, 0.2) is 42.7 Å². The Bertz CT molecular complexity index is 748. The monoisotopic (exact) mass is 336 g/mol. The second-order valence-electron chi connectivity index (χ2n) is 7.08. The summed E-state index contributed by atoms with van der Waals surface area (Å²) in [5.41, 5.74) is 3.28. The molecule has 4 rings (SSSR count). The minimum atomic E-state index is 0.273. The van der Waals surface area contributed by atoms with Crippen molar-refractivity contribution in [1.29, 1.82) is 0 Å². The molecular formula is C20H24N4O. The molecule has 2 saturated heterocycles. The summed E-state index contributed by atoms with van der Waals surface area (Å²) in [5, 5.41) is 0. The third-order valence-corrected chi connectivity index (χ3v) is 5.41. The molecule has 2 aliphatic heterocycles.